The van der Waals surface area contributed by atoms with Crippen LogP contribution >= 0.6 is 0 Å². The number of benzene rings is 1. The first kappa shape index (κ1) is 9.58. The van der Waals surface area contributed by atoms with Crippen molar-refractivity contribution < 1.29 is 0 Å². The maximum atomic E-state index is 3.98. The summed E-state index contributed by atoms with van der Waals surface area (Å²) in [7, 11) is 1.64. The van der Waals surface area contributed by atoms with Gasteiger partial charge >= 0.3 is 0 Å². The molecule has 0 fully saturated rings. The number of azo groups is 1. The predicted octanol–water partition coefficient (Wildman–Crippen LogP) is 3.29. The quantitative estimate of drug-likeness (QED) is 0.499. The van der Waals surface area contributed by atoms with Gasteiger partial charge in [-0.15, -0.1) is 0 Å². The predicted molar refractivity (Wildman–Crippen MR) is 55.5 cm³/mol. The molecule has 0 atom stereocenters. The summed E-state index contributed by atoms with van der Waals surface area (Å²) in [6, 6.07) is 5.92. The van der Waals surface area contributed by atoms with Crippen molar-refractivity contribution in [3.05, 3.63) is 23.8 Å². The Balaban J connectivity index is 3.17. The molecule has 0 saturated heterocycles. The van der Waals surface area contributed by atoms with Gasteiger partial charge in [-0.05, 0) is 30.8 Å². The average Bonchev–Trinajstić information content (AvgIpc) is 2.18. The van der Waals surface area contributed by atoms with E-state index in [1.165, 1.54) is 5.56 Å². The summed E-state index contributed by atoms with van der Waals surface area (Å²) in [5.41, 5.74) is 2.80. The van der Waals surface area contributed by atoms with Crippen molar-refractivity contribution in [3.8, 4) is 0 Å². The Morgan fingerprint density at radius 2 is 2.08 bits per heavy atom. The van der Waals surface area contributed by atoms with Crippen LogP contribution in [0.4, 0.5) is 11.4 Å². The molecule has 1 rings (SSSR count). The highest BCUT2D eigenvalue weighted by molar-refractivity contribution is 5.65. The van der Waals surface area contributed by atoms with E-state index in [4.69, 9.17) is 0 Å². The van der Waals surface area contributed by atoms with Gasteiger partial charge in [0.25, 0.3) is 0 Å². The summed E-state index contributed by atoms with van der Waals surface area (Å²) >= 11 is 0. The minimum Gasteiger partial charge on any atom is -0.262 e. The van der Waals surface area contributed by atoms with Gasteiger partial charge in [0, 0.05) is 7.05 Å². The molecule has 13 heavy (non-hydrogen) atoms. The van der Waals surface area contributed by atoms with Gasteiger partial charge in [0.2, 0.25) is 0 Å². The van der Waals surface area contributed by atoms with Crippen LogP contribution in [0.2, 0.25) is 0 Å². The Morgan fingerprint density at radius 1 is 1.31 bits per heavy atom. The van der Waals surface area contributed by atoms with Crippen LogP contribution in [0.15, 0.2) is 33.4 Å². The molecule has 0 N–H and O–H groups in total. The highest BCUT2D eigenvalue weighted by Crippen LogP contribution is 2.28. The van der Waals surface area contributed by atoms with E-state index in [2.05, 4.69) is 28.9 Å². The fourth-order valence-electron chi connectivity index (χ4n) is 1.11. The third-order valence-corrected chi connectivity index (χ3v) is 1.83. The van der Waals surface area contributed by atoms with Crippen LogP contribution in [0.25, 0.3) is 0 Å². The van der Waals surface area contributed by atoms with Gasteiger partial charge in [-0.25, -0.2) is 0 Å². The van der Waals surface area contributed by atoms with E-state index in [1.54, 1.807) is 7.05 Å². The highest BCUT2D eigenvalue weighted by Gasteiger charge is 1.99. The van der Waals surface area contributed by atoms with Gasteiger partial charge in [0.15, 0.2) is 0 Å². The highest BCUT2D eigenvalue weighted by atomic mass is 15.1. The molecule has 0 radical (unpaired) electrons. The van der Waals surface area contributed by atoms with Crippen molar-refractivity contribution in [3.63, 3.8) is 0 Å². The minimum absolute atomic E-state index is 0.780. The first-order chi connectivity index (χ1) is 6.31. The lowest BCUT2D eigenvalue weighted by Gasteiger charge is -2.01. The van der Waals surface area contributed by atoms with Crippen molar-refractivity contribution in [1.29, 1.82) is 0 Å². The molecule has 0 saturated carbocycles. The number of nitrogens with zero attached hydrogens (tertiary/aromatic N) is 3. The molecule has 3 nitrogen and oxygen atoms in total. The second-order valence-electron chi connectivity index (χ2n) is 2.63. The summed E-state index contributed by atoms with van der Waals surface area (Å²) < 4.78 is 0. The number of hydrogen-bond donors (Lipinski definition) is 0. The molecule has 0 spiro atoms. The number of aliphatic imine (C=N–C) groups is 1. The number of aryl methyl sites for hydroxylation is 1. The topological polar surface area (TPSA) is 37.1 Å². The van der Waals surface area contributed by atoms with Crippen LogP contribution < -0.4 is 0 Å². The van der Waals surface area contributed by atoms with Crippen molar-refractivity contribution in [2.45, 2.75) is 13.3 Å². The first-order valence-corrected chi connectivity index (χ1v) is 4.21. The Morgan fingerprint density at radius 3 is 2.62 bits per heavy atom. The van der Waals surface area contributed by atoms with Gasteiger partial charge in [-0.1, -0.05) is 13.0 Å². The molecular weight excluding hydrogens is 162 g/mol. The van der Waals surface area contributed by atoms with E-state index in [-0.39, 0.29) is 0 Å². The second-order valence-corrected chi connectivity index (χ2v) is 2.63. The Bertz CT molecular complexity index is 329. The van der Waals surface area contributed by atoms with Gasteiger partial charge in [-0.2, -0.15) is 10.2 Å². The lowest BCUT2D eigenvalue weighted by Crippen LogP contribution is -1.78. The van der Waals surface area contributed by atoms with E-state index in [0.29, 0.717) is 0 Å². The largest absolute Gasteiger partial charge is 0.262 e. The summed E-state index contributed by atoms with van der Waals surface area (Å²) in [4.78, 5) is 3.86. The maximum absolute atomic E-state index is 3.98. The van der Waals surface area contributed by atoms with E-state index < -0.39 is 0 Å². The standard InChI is InChI=1S/C10H13N3/c1-4-8-5-6-9(11-2)10(7-8)13-12-3/h5-7H,2,4H2,1,3H3. The van der Waals surface area contributed by atoms with E-state index in [9.17, 15) is 0 Å². The zero-order valence-electron chi connectivity index (χ0n) is 7.99. The van der Waals surface area contributed by atoms with Gasteiger partial charge in [0.05, 0.1) is 5.69 Å². The van der Waals surface area contributed by atoms with E-state index in [0.717, 1.165) is 17.8 Å². The molecule has 1 aromatic carbocycles. The maximum Gasteiger partial charge on any atom is 0.111 e. The van der Waals surface area contributed by atoms with Crippen molar-refractivity contribution in [2.24, 2.45) is 15.2 Å². The summed E-state index contributed by atoms with van der Waals surface area (Å²) in [5.74, 6) is 0. The fourth-order valence-corrected chi connectivity index (χ4v) is 1.11. The van der Waals surface area contributed by atoms with Gasteiger partial charge < -0.3 is 0 Å². The monoisotopic (exact) mass is 175 g/mol. The molecule has 0 unspecified atom stereocenters. The molecule has 0 aliphatic rings. The smallest absolute Gasteiger partial charge is 0.111 e. The molecule has 0 heterocycles. The molecule has 0 aromatic heterocycles. The molecule has 0 amide bonds. The zero-order valence-corrected chi connectivity index (χ0v) is 7.99. The summed E-state index contributed by atoms with van der Waals surface area (Å²) in [6.07, 6.45) is 0.990. The third kappa shape index (κ3) is 2.21. The van der Waals surface area contributed by atoms with Crippen LogP contribution in [0, 0.1) is 0 Å². The first-order valence-electron chi connectivity index (χ1n) is 4.21. The molecular formula is C10H13N3. The van der Waals surface area contributed by atoms with Gasteiger partial charge in [0.1, 0.15) is 5.69 Å². The average molecular weight is 175 g/mol. The van der Waals surface area contributed by atoms with Crippen LogP contribution in [-0.4, -0.2) is 13.8 Å². The van der Waals surface area contributed by atoms with E-state index >= 15 is 0 Å². The third-order valence-electron chi connectivity index (χ3n) is 1.83. The molecule has 0 bridgehead atoms. The summed E-state index contributed by atoms with van der Waals surface area (Å²) in [6.45, 7) is 5.58. The molecule has 0 aliphatic carbocycles. The van der Waals surface area contributed by atoms with E-state index in [1.807, 2.05) is 18.2 Å². The fraction of sp³-hybridized carbons (Fsp3) is 0.300. The molecule has 68 valence electrons. The van der Waals surface area contributed by atoms with Crippen LogP contribution in [0.1, 0.15) is 12.5 Å². The van der Waals surface area contributed by atoms with Crippen molar-refractivity contribution in [2.75, 3.05) is 7.05 Å². The lowest BCUT2D eigenvalue weighted by atomic mass is 10.1. The van der Waals surface area contributed by atoms with Crippen molar-refractivity contribution in [1.82, 2.24) is 0 Å². The number of rotatable bonds is 3. The Kier molecular flexibility index (Phi) is 3.31. The van der Waals surface area contributed by atoms with Crippen LogP contribution in [-0.2, 0) is 6.42 Å². The Labute approximate surface area is 78.2 Å². The Hall–Kier alpha value is -1.51. The lowest BCUT2D eigenvalue weighted by molar-refractivity contribution is 1.12. The number of hydrogen-bond acceptors (Lipinski definition) is 3. The normalized spacial score (nSPS) is 10.6. The second kappa shape index (κ2) is 4.50. The zero-order chi connectivity index (χ0) is 9.68. The summed E-state index contributed by atoms with van der Waals surface area (Å²) in [5, 5.41) is 7.70. The van der Waals surface area contributed by atoms with Crippen LogP contribution in [0.5, 0.6) is 0 Å². The van der Waals surface area contributed by atoms with Gasteiger partial charge in [-0.3, -0.25) is 4.99 Å². The van der Waals surface area contributed by atoms with Crippen LogP contribution in [0.3, 0.4) is 0 Å². The molecule has 1 aromatic rings. The SMILES string of the molecule is C=Nc1ccc(CC)cc1N=NC. The van der Waals surface area contributed by atoms with Crippen molar-refractivity contribution >= 4 is 18.1 Å². The molecule has 3 heteroatoms. The minimum atomic E-state index is 0.780. The molecule has 0 aliphatic heterocycles.